The Bertz CT molecular complexity index is 436. The Kier molecular flexibility index (Phi) is 11.5. The Morgan fingerprint density at radius 1 is 1.13 bits per heavy atom. The van der Waals surface area contributed by atoms with E-state index in [2.05, 4.69) is 17.4 Å². The van der Waals surface area contributed by atoms with Gasteiger partial charge in [0, 0.05) is 39.6 Å². The van der Waals surface area contributed by atoms with Gasteiger partial charge in [0.1, 0.15) is 0 Å². The van der Waals surface area contributed by atoms with Crippen molar-refractivity contribution in [1.82, 2.24) is 4.90 Å². The first-order chi connectivity index (χ1) is 10.8. The minimum absolute atomic E-state index is 0. The molecule has 0 aliphatic carbocycles. The van der Waals surface area contributed by atoms with E-state index in [1.54, 1.807) is 0 Å². The Morgan fingerprint density at radius 2 is 1.78 bits per heavy atom. The van der Waals surface area contributed by atoms with Crippen LogP contribution < -0.4 is 0 Å². The molecule has 23 heavy (non-hydrogen) atoms. The molecule has 2 saturated heterocycles. The quantitative estimate of drug-likeness (QED) is 0.592. The van der Waals surface area contributed by atoms with Crippen LogP contribution in [0.1, 0.15) is 53.9 Å². The summed E-state index contributed by atoms with van der Waals surface area (Å²) in [6.07, 6.45) is 3.09. The second-order valence-corrected chi connectivity index (χ2v) is 5.45. The summed E-state index contributed by atoms with van der Waals surface area (Å²) in [6, 6.07) is 10.2. The standard InChI is InChI=1S/C15H19N2O.2C2H6.W.H/c18-14-15(7-4-9-16-12-15)8-10-17(14)11-13-5-2-1-3-6-13;2*1-2;;/h1-3,5-6H,4,7-12H2;2*1-2H3;;/q-1;;;;-1/i;;;;1+1. The summed E-state index contributed by atoms with van der Waals surface area (Å²) >= 11 is 0. The molecule has 132 valence electrons. The zero-order valence-corrected chi connectivity index (χ0v) is 18.0. The maximum absolute atomic E-state index is 12.6. The zero-order chi connectivity index (χ0) is 16.4. The molecule has 2 heterocycles. The fraction of sp³-hybridized carbons (Fsp3) is 0.632. The number of piperidine rings is 1. The number of hydrogen-bond acceptors (Lipinski definition) is 1. The van der Waals surface area contributed by atoms with Gasteiger partial charge in [0.2, 0.25) is 5.91 Å². The number of hydrogen-bond donors (Lipinski definition) is 0. The minimum atomic E-state index is -0.146. The van der Waals surface area contributed by atoms with Gasteiger partial charge in [-0.1, -0.05) is 64.4 Å². The van der Waals surface area contributed by atoms with Crippen LogP contribution in [0.5, 0.6) is 0 Å². The van der Waals surface area contributed by atoms with E-state index in [-0.39, 0.29) is 27.9 Å². The summed E-state index contributed by atoms with van der Waals surface area (Å²) < 4.78 is 0. The molecule has 1 spiro atoms. The molecule has 2 fully saturated rings. The van der Waals surface area contributed by atoms with Gasteiger partial charge in [-0.05, 0) is 18.4 Å². The molecule has 3 nitrogen and oxygen atoms in total. The van der Waals surface area contributed by atoms with Crippen molar-refractivity contribution in [3.8, 4) is 0 Å². The molecule has 1 amide bonds. The van der Waals surface area contributed by atoms with Crippen LogP contribution in [0, 0.1) is 5.41 Å². The second kappa shape index (κ2) is 11.8. The number of carbonyl (C=O) groups is 1. The summed E-state index contributed by atoms with van der Waals surface area (Å²) in [7, 11) is 0. The number of benzene rings is 1. The van der Waals surface area contributed by atoms with E-state index >= 15 is 0 Å². The molecule has 2 aliphatic heterocycles. The molecule has 3 rings (SSSR count). The zero-order valence-electron chi connectivity index (χ0n) is 16.0. The largest absolute Gasteiger partial charge is 1.00 e. The van der Waals surface area contributed by atoms with Crippen molar-refractivity contribution in [1.29, 1.82) is 0 Å². The monoisotopic (exact) mass is 489 g/mol. The van der Waals surface area contributed by atoms with Crippen molar-refractivity contribution in [3.63, 3.8) is 0 Å². The van der Waals surface area contributed by atoms with Crippen LogP contribution in [0.4, 0.5) is 0 Å². The molecule has 0 aromatic heterocycles. The maximum atomic E-state index is 12.6. The van der Waals surface area contributed by atoms with Gasteiger partial charge in [0.25, 0.3) is 0 Å². The molecule has 0 radical (unpaired) electrons. The summed E-state index contributed by atoms with van der Waals surface area (Å²) in [5.74, 6) is 0.329. The predicted molar refractivity (Wildman–Crippen MR) is 95.0 cm³/mol. The Morgan fingerprint density at radius 3 is 2.35 bits per heavy atom. The van der Waals surface area contributed by atoms with Gasteiger partial charge >= 0.3 is 0 Å². The van der Waals surface area contributed by atoms with Gasteiger partial charge < -0.3 is 11.6 Å². The van der Waals surface area contributed by atoms with E-state index in [9.17, 15) is 4.79 Å². The molecule has 4 heteroatoms. The first-order valence-electron chi connectivity index (χ1n) is 8.77. The summed E-state index contributed by atoms with van der Waals surface area (Å²) in [4.78, 5) is 14.6. The molecular formula is C19H32N2OW-2. The van der Waals surface area contributed by atoms with E-state index in [0.29, 0.717) is 5.91 Å². The van der Waals surface area contributed by atoms with Crippen LogP contribution in [0.25, 0.3) is 5.32 Å². The summed E-state index contributed by atoms with van der Waals surface area (Å²) in [5, 5.41) is 4.46. The molecular weight excluding hydrogens is 456 g/mol. The average Bonchev–Trinajstić information content (AvgIpc) is 2.90. The molecule has 0 saturated carbocycles. The molecule has 2 aliphatic rings. The first-order valence-corrected chi connectivity index (χ1v) is 8.77. The third kappa shape index (κ3) is 5.72. The number of likely N-dealkylation sites (tertiary alicyclic amines) is 1. The van der Waals surface area contributed by atoms with Crippen LogP contribution in [-0.2, 0) is 32.4 Å². The van der Waals surface area contributed by atoms with E-state index in [1.807, 2.05) is 50.8 Å². The van der Waals surface area contributed by atoms with Gasteiger partial charge in [0.05, 0.1) is 0 Å². The van der Waals surface area contributed by atoms with Crippen LogP contribution in [-0.4, -0.2) is 30.4 Å². The van der Waals surface area contributed by atoms with E-state index in [4.69, 9.17) is 0 Å². The Balaban J connectivity index is 0. The topological polar surface area (TPSA) is 34.4 Å². The third-order valence-corrected chi connectivity index (χ3v) is 4.20. The maximum Gasteiger partial charge on any atom is 0.227 e. The van der Waals surface area contributed by atoms with Crippen LogP contribution in [0.2, 0.25) is 0 Å². The van der Waals surface area contributed by atoms with Crippen LogP contribution >= 0.6 is 0 Å². The van der Waals surface area contributed by atoms with Crippen molar-refractivity contribution >= 4 is 5.91 Å². The SMILES string of the molecule is CC.CC.O=C1N(Cc2ccccc2)CCC12CCC[N-]C2.[2H-].[W]. The molecule has 1 unspecified atom stereocenters. The van der Waals surface area contributed by atoms with Crippen LogP contribution in [0.15, 0.2) is 30.3 Å². The van der Waals surface area contributed by atoms with Crippen molar-refractivity contribution in [3.05, 3.63) is 41.2 Å². The number of carbonyl (C=O) groups excluding carboxylic acids is 1. The summed E-state index contributed by atoms with van der Waals surface area (Å²) in [5.41, 5.74) is 1.07. The number of rotatable bonds is 2. The number of amides is 1. The van der Waals surface area contributed by atoms with E-state index in [0.717, 1.165) is 45.4 Å². The van der Waals surface area contributed by atoms with Crippen molar-refractivity contribution in [2.24, 2.45) is 5.41 Å². The van der Waals surface area contributed by atoms with Crippen molar-refractivity contribution in [2.75, 3.05) is 19.6 Å². The Hall–Kier alpha value is -0.662. The normalized spacial score (nSPS) is 22.4. The van der Waals surface area contributed by atoms with E-state index in [1.165, 1.54) is 5.56 Å². The average molecular weight is 489 g/mol. The Labute approximate surface area is 158 Å². The van der Waals surface area contributed by atoms with Gasteiger partial charge in [-0.3, -0.25) is 4.79 Å². The van der Waals surface area contributed by atoms with Gasteiger partial charge in [-0.25, -0.2) is 0 Å². The first kappa shape index (κ1) is 22.3. The third-order valence-electron chi connectivity index (χ3n) is 4.20. The smallest absolute Gasteiger partial charge is 0.227 e. The van der Waals surface area contributed by atoms with Crippen molar-refractivity contribution < 1.29 is 27.3 Å². The second-order valence-electron chi connectivity index (χ2n) is 5.45. The fourth-order valence-electron chi connectivity index (χ4n) is 3.13. The van der Waals surface area contributed by atoms with Gasteiger partial charge in [-0.2, -0.15) is 0 Å². The van der Waals surface area contributed by atoms with Gasteiger partial charge in [0.15, 0.2) is 0 Å². The fourth-order valence-corrected chi connectivity index (χ4v) is 3.13. The minimum Gasteiger partial charge on any atom is -1.00 e. The molecule has 0 bridgehead atoms. The molecule has 0 N–H and O–H groups in total. The van der Waals surface area contributed by atoms with Gasteiger partial charge in [-0.15, -0.1) is 13.1 Å². The van der Waals surface area contributed by atoms with Crippen LogP contribution in [0.3, 0.4) is 0 Å². The predicted octanol–water partition coefficient (Wildman–Crippen LogP) is 4.74. The molecule has 1 atom stereocenters. The number of nitrogens with zero attached hydrogens (tertiary/aromatic N) is 2. The molecule has 1 aromatic rings. The van der Waals surface area contributed by atoms with E-state index < -0.39 is 0 Å². The van der Waals surface area contributed by atoms with Crippen molar-refractivity contribution in [2.45, 2.75) is 53.5 Å². The summed E-state index contributed by atoms with van der Waals surface area (Å²) in [6.45, 7) is 11.3. The molecule has 1 aromatic carbocycles.